The van der Waals surface area contributed by atoms with E-state index in [0.717, 1.165) is 18.4 Å². The molecular weight excluding hydrogens is 496 g/mol. The number of rotatable bonds is 14. The Balaban J connectivity index is 1.53. The number of unbranched alkanes of at least 4 members (excludes halogenated alkanes) is 3. The Morgan fingerprint density at radius 2 is 1.82 bits per heavy atom. The number of methoxy groups -OCH3 is 1. The molecular formula is C31H32N2O6. The second-order valence-corrected chi connectivity index (χ2v) is 8.57. The molecule has 3 aromatic rings. The number of ether oxygens (including phenoxy) is 3. The van der Waals surface area contributed by atoms with Gasteiger partial charge in [-0.15, -0.1) is 0 Å². The molecule has 1 amide bonds. The van der Waals surface area contributed by atoms with Gasteiger partial charge in [-0.05, 0) is 66.1 Å². The first-order chi connectivity index (χ1) is 19.0. The predicted octanol–water partition coefficient (Wildman–Crippen LogP) is 6.09. The molecule has 1 heterocycles. The average Bonchev–Trinajstić information content (AvgIpc) is 3.48. The van der Waals surface area contributed by atoms with Crippen LogP contribution in [0, 0.1) is 11.3 Å². The van der Waals surface area contributed by atoms with Crippen molar-refractivity contribution in [1.82, 2.24) is 5.32 Å². The van der Waals surface area contributed by atoms with Crippen molar-refractivity contribution < 1.29 is 28.2 Å². The number of amides is 1. The van der Waals surface area contributed by atoms with E-state index >= 15 is 0 Å². The summed E-state index contributed by atoms with van der Waals surface area (Å²) in [5.41, 5.74) is 1.31. The van der Waals surface area contributed by atoms with Crippen molar-refractivity contribution in [3.8, 4) is 23.3 Å². The molecule has 202 valence electrons. The van der Waals surface area contributed by atoms with Crippen molar-refractivity contribution in [3.05, 3.63) is 89.4 Å². The summed E-state index contributed by atoms with van der Waals surface area (Å²) in [6, 6.07) is 17.3. The Morgan fingerprint density at radius 1 is 1.03 bits per heavy atom. The number of hydrogen-bond acceptors (Lipinski definition) is 7. The molecule has 1 aromatic heterocycles. The molecule has 0 aliphatic rings. The molecule has 0 saturated heterocycles. The number of carbonyl (C=O) groups is 2. The van der Waals surface area contributed by atoms with Crippen LogP contribution in [0.4, 0.5) is 0 Å². The summed E-state index contributed by atoms with van der Waals surface area (Å²) in [6.07, 6.45) is 10.4. The van der Waals surface area contributed by atoms with E-state index in [-0.39, 0.29) is 12.1 Å². The topological polar surface area (TPSA) is 111 Å². The fourth-order valence-electron chi connectivity index (χ4n) is 3.56. The van der Waals surface area contributed by atoms with Crippen LogP contribution >= 0.6 is 0 Å². The molecule has 0 fully saturated rings. The molecule has 2 aromatic carbocycles. The van der Waals surface area contributed by atoms with Crippen LogP contribution in [0.1, 0.15) is 49.5 Å². The van der Waals surface area contributed by atoms with E-state index in [1.807, 2.05) is 18.2 Å². The maximum atomic E-state index is 12.3. The molecule has 8 heteroatoms. The summed E-state index contributed by atoms with van der Waals surface area (Å²) in [5, 5.41) is 12.0. The van der Waals surface area contributed by atoms with Crippen molar-refractivity contribution in [2.75, 3.05) is 13.7 Å². The first kappa shape index (κ1) is 28.8. The van der Waals surface area contributed by atoms with Crippen LogP contribution in [0.25, 0.3) is 12.2 Å². The Labute approximate surface area is 228 Å². The van der Waals surface area contributed by atoms with E-state index in [1.54, 1.807) is 55.7 Å². The second-order valence-electron chi connectivity index (χ2n) is 8.57. The molecule has 8 nitrogen and oxygen atoms in total. The average molecular weight is 529 g/mol. The Kier molecular flexibility index (Phi) is 11.4. The molecule has 0 aliphatic carbocycles. The van der Waals surface area contributed by atoms with Crippen molar-refractivity contribution in [3.63, 3.8) is 0 Å². The number of hydrogen-bond donors (Lipinski definition) is 1. The predicted molar refractivity (Wildman–Crippen MR) is 148 cm³/mol. The highest BCUT2D eigenvalue weighted by Gasteiger charge is 2.10. The third-order valence-corrected chi connectivity index (χ3v) is 5.63. The van der Waals surface area contributed by atoms with E-state index in [2.05, 4.69) is 12.2 Å². The van der Waals surface area contributed by atoms with Gasteiger partial charge in [0.1, 0.15) is 23.2 Å². The smallest absolute Gasteiger partial charge is 0.336 e. The normalized spacial score (nSPS) is 11.2. The van der Waals surface area contributed by atoms with Gasteiger partial charge >= 0.3 is 5.97 Å². The summed E-state index contributed by atoms with van der Waals surface area (Å²) in [5.74, 6) is 1.10. The highest BCUT2D eigenvalue weighted by atomic mass is 16.5. The molecule has 39 heavy (non-hydrogen) atoms. The van der Waals surface area contributed by atoms with Crippen LogP contribution in [0.15, 0.2) is 76.9 Å². The zero-order chi connectivity index (χ0) is 27.9. The van der Waals surface area contributed by atoms with Gasteiger partial charge in [0.25, 0.3) is 5.91 Å². The van der Waals surface area contributed by atoms with Gasteiger partial charge in [0, 0.05) is 6.08 Å². The van der Waals surface area contributed by atoms with Crippen LogP contribution < -0.4 is 19.5 Å². The lowest BCUT2D eigenvalue weighted by Gasteiger charge is -2.11. The number of esters is 1. The lowest BCUT2D eigenvalue weighted by Crippen LogP contribution is -2.23. The van der Waals surface area contributed by atoms with E-state index in [9.17, 15) is 14.9 Å². The molecule has 0 radical (unpaired) electrons. The number of nitrogens with one attached hydrogen (secondary N) is 1. The van der Waals surface area contributed by atoms with E-state index in [0.29, 0.717) is 35.2 Å². The van der Waals surface area contributed by atoms with Gasteiger partial charge in [-0.1, -0.05) is 44.4 Å². The number of nitriles is 1. The monoisotopic (exact) mass is 528 g/mol. The number of benzene rings is 2. The highest BCUT2D eigenvalue weighted by Crippen LogP contribution is 2.29. The quantitative estimate of drug-likeness (QED) is 0.0886. The van der Waals surface area contributed by atoms with E-state index in [4.69, 9.17) is 18.6 Å². The van der Waals surface area contributed by atoms with Gasteiger partial charge < -0.3 is 23.9 Å². The van der Waals surface area contributed by atoms with Gasteiger partial charge in [-0.25, -0.2) is 4.79 Å². The zero-order valence-electron chi connectivity index (χ0n) is 22.1. The third-order valence-electron chi connectivity index (χ3n) is 5.63. The molecule has 0 aliphatic heterocycles. The first-order valence-electron chi connectivity index (χ1n) is 12.8. The molecule has 3 rings (SSSR count). The molecule has 0 saturated carbocycles. The lowest BCUT2D eigenvalue weighted by molar-refractivity contribution is -0.128. The van der Waals surface area contributed by atoms with Crippen molar-refractivity contribution in [2.24, 2.45) is 0 Å². The molecule has 0 unspecified atom stereocenters. The lowest BCUT2D eigenvalue weighted by atomic mass is 10.1. The molecule has 0 atom stereocenters. The summed E-state index contributed by atoms with van der Waals surface area (Å²) in [4.78, 5) is 24.6. The Morgan fingerprint density at radius 3 is 2.51 bits per heavy atom. The van der Waals surface area contributed by atoms with E-state index < -0.39 is 11.9 Å². The van der Waals surface area contributed by atoms with Crippen LogP contribution in [0.2, 0.25) is 0 Å². The van der Waals surface area contributed by atoms with Gasteiger partial charge in [0.15, 0.2) is 11.5 Å². The maximum Gasteiger partial charge on any atom is 0.336 e. The van der Waals surface area contributed by atoms with Gasteiger partial charge in [-0.3, -0.25) is 4.79 Å². The fraction of sp³-hybridized carbons (Fsp3) is 0.258. The third kappa shape index (κ3) is 9.56. The summed E-state index contributed by atoms with van der Waals surface area (Å²) in [7, 11) is 1.58. The maximum absolute atomic E-state index is 12.3. The number of furan rings is 1. The van der Waals surface area contributed by atoms with Crippen LogP contribution in [-0.4, -0.2) is 25.6 Å². The fourth-order valence-corrected chi connectivity index (χ4v) is 3.56. The van der Waals surface area contributed by atoms with Crippen LogP contribution in [-0.2, 0) is 16.1 Å². The minimum Gasteiger partial charge on any atom is -0.493 e. The minimum atomic E-state index is -0.552. The first-order valence-corrected chi connectivity index (χ1v) is 12.8. The summed E-state index contributed by atoms with van der Waals surface area (Å²) >= 11 is 0. The van der Waals surface area contributed by atoms with Gasteiger partial charge in [0.2, 0.25) is 0 Å². The molecule has 1 N–H and O–H groups in total. The van der Waals surface area contributed by atoms with Crippen molar-refractivity contribution >= 4 is 24.0 Å². The Bertz CT molecular complexity index is 1320. The van der Waals surface area contributed by atoms with Crippen LogP contribution in [0.5, 0.6) is 17.2 Å². The molecule has 0 bridgehead atoms. The second kappa shape index (κ2) is 15.5. The Hall–Kier alpha value is -4.77. The minimum absolute atomic E-state index is 0.0578. The summed E-state index contributed by atoms with van der Waals surface area (Å²) < 4.78 is 21.8. The van der Waals surface area contributed by atoms with Gasteiger partial charge in [-0.2, -0.15) is 5.26 Å². The molecule has 0 spiro atoms. The van der Waals surface area contributed by atoms with Gasteiger partial charge in [0.05, 0.1) is 26.5 Å². The van der Waals surface area contributed by atoms with E-state index in [1.165, 1.54) is 31.3 Å². The standard InChI is InChI=1S/C31H32N2O6/c1-3-4-5-6-17-38-28-15-11-24(20-29(28)36-2)12-16-30(34)39-26-13-9-23(10-14-26)19-25(21-32)31(35)33-22-27-8-7-18-37-27/h7-16,18-20H,3-6,17,22H2,1-2H3,(H,33,35)/b16-12+,25-19+. The summed E-state index contributed by atoms with van der Waals surface area (Å²) in [6.45, 7) is 2.97. The SMILES string of the molecule is CCCCCCOc1ccc(/C=C/C(=O)Oc2ccc(/C=C(\C#N)C(=O)NCc3ccco3)cc2)cc1OC. The highest BCUT2D eigenvalue weighted by molar-refractivity contribution is 6.01. The van der Waals surface area contributed by atoms with Crippen molar-refractivity contribution in [2.45, 2.75) is 39.2 Å². The number of nitrogens with zero attached hydrogens (tertiary/aromatic N) is 1. The number of carbonyl (C=O) groups excluding carboxylic acids is 2. The largest absolute Gasteiger partial charge is 0.493 e. The van der Waals surface area contributed by atoms with Crippen molar-refractivity contribution in [1.29, 1.82) is 5.26 Å². The van der Waals surface area contributed by atoms with Crippen LogP contribution in [0.3, 0.4) is 0 Å². The zero-order valence-corrected chi connectivity index (χ0v) is 22.1.